The van der Waals surface area contributed by atoms with Gasteiger partial charge in [0.1, 0.15) is 9.65 Å². The van der Waals surface area contributed by atoms with Crippen molar-refractivity contribution in [2.75, 3.05) is 5.32 Å². The van der Waals surface area contributed by atoms with Gasteiger partial charge in [0.15, 0.2) is 0 Å². The largest absolute Gasteiger partial charge is 0.352 e. The number of aromatic amines is 1. The van der Waals surface area contributed by atoms with Crippen LogP contribution in [0.15, 0.2) is 48.7 Å². The van der Waals surface area contributed by atoms with Crippen molar-refractivity contribution in [3.8, 4) is 10.6 Å². The second-order valence-electron chi connectivity index (χ2n) is 4.15. The number of hydrogen-bond acceptors (Lipinski definition) is 5. The first-order valence-corrected chi connectivity index (χ1v) is 7.34. The number of carbonyl (C=O) groups is 1. The number of hydrogen-bond donors (Lipinski definition) is 2. The van der Waals surface area contributed by atoms with Crippen LogP contribution in [0.3, 0.4) is 0 Å². The van der Waals surface area contributed by atoms with E-state index in [9.17, 15) is 4.79 Å². The van der Waals surface area contributed by atoms with Crippen molar-refractivity contribution >= 4 is 34.6 Å². The van der Waals surface area contributed by atoms with Crippen LogP contribution in [0.5, 0.6) is 0 Å². The van der Waals surface area contributed by atoms with E-state index in [4.69, 9.17) is 12.2 Å². The third kappa shape index (κ3) is 3.04. The first kappa shape index (κ1) is 13.6. The minimum absolute atomic E-state index is 0.299. The average Bonchev–Trinajstić information content (AvgIpc) is 2.97. The fourth-order valence-electron chi connectivity index (χ4n) is 1.74. The van der Waals surface area contributed by atoms with Gasteiger partial charge in [0.05, 0.1) is 5.56 Å². The molecule has 21 heavy (non-hydrogen) atoms. The van der Waals surface area contributed by atoms with E-state index in [-0.39, 0.29) is 5.91 Å². The van der Waals surface area contributed by atoms with Crippen LogP contribution < -0.4 is 5.32 Å². The lowest BCUT2D eigenvalue weighted by Gasteiger charge is -2.00. The molecule has 0 spiro atoms. The maximum Gasteiger partial charge on any atom is 0.260 e. The molecule has 0 radical (unpaired) electrons. The average molecular weight is 314 g/mol. The standard InChI is InChI=1S/C14H10N4OS2/c19-11(10-7-4-8-15-12(10)20)16-14-18-17-13(21-14)9-5-2-1-3-6-9/h1-8H,(H,15,20)(H,16,18,19). The molecule has 2 aromatic heterocycles. The molecule has 0 aliphatic rings. The SMILES string of the molecule is O=C(Nc1nnc(-c2ccccc2)s1)c1ccc[nH]c1=S. The summed E-state index contributed by atoms with van der Waals surface area (Å²) in [4.78, 5) is 14.9. The lowest BCUT2D eigenvalue weighted by atomic mass is 10.2. The molecule has 0 aliphatic heterocycles. The lowest BCUT2D eigenvalue weighted by Crippen LogP contribution is -2.12. The first-order chi connectivity index (χ1) is 10.2. The fraction of sp³-hybridized carbons (Fsp3) is 0. The van der Waals surface area contributed by atoms with Gasteiger partial charge < -0.3 is 4.98 Å². The number of aromatic nitrogens is 3. The van der Waals surface area contributed by atoms with Crippen LogP contribution in [0.2, 0.25) is 0 Å². The molecule has 5 nitrogen and oxygen atoms in total. The van der Waals surface area contributed by atoms with Crippen LogP contribution >= 0.6 is 23.6 Å². The first-order valence-electron chi connectivity index (χ1n) is 6.12. The van der Waals surface area contributed by atoms with Crippen LogP contribution in [0.4, 0.5) is 5.13 Å². The maximum atomic E-state index is 12.1. The number of benzene rings is 1. The van der Waals surface area contributed by atoms with E-state index in [1.54, 1.807) is 18.3 Å². The Morgan fingerprint density at radius 2 is 1.95 bits per heavy atom. The zero-order valence-corrected chi connectivity index (χ0v) is 12.4. The second-order valence-corrected chi connectivity index (χ2v) is 5.53. The molecule has 2 heterocycles. The Bertz CT molecular complexity index is 826. The topological polar surface area (TPSA) is 70.7 Å². The molecule has 0 unspecified atom stereocenters. The van der Waals surface area contributed by atoms with E-state index < -0.39 is 0 Å². The number of pyridine rings is 1. The van der Waals surface area contributed by atoms with Gasteiger partial charge in [0.2, 0.25) is 5.13 Å². The van der Waals surface area contributed by atoms with Crippen molar-refractivity contribution < 1.29 is 4.79 Å². The molecule has 1 amide bonds. The third-order valence-electron chi connectivity index (χ3n) is 2.73. The predicted molar refractivity (Wildman–Crippen MR) is 84.9 cm³/mol. The van der Waals surface area contributed by atoms with Crippen molar-refractivity contribution in [1.82, 2.24) is 15.2 Å². The summed E-state index contributed by atoms with van der Waals surface area (Å²) in [5.41, 5.74) is 1.37. The van der Waals surface area contributed by atoms with E-state index in [0.29, 0.717) is 15.3 Å². The summed E-state index contributed by atoms with van der Waals surface area (Å²) >= 11 is 6.39. The number of carbonyl (C=O) groups excluding carboxylic acids is 1. The Labute approximate surface area is 129 Å². The number of anilines is 1. The molecular weight excluding hydrogens is 304 g/mol. The van der Waals surface area contributed by atoms with Crippen LogP contribution in [0.1, 0.15) is 10.4 Å². The molecule has 3 aromatic rings. The van der Waals surface area contributed by atoms with Crippen LogP contribution in [-0.2, 0) is 0 Å². The summed E-state index contributed by atoms with van der Waals surface area (Å²) in [7, 11) is 0. The molecule has 0 saturated heterocycles. The molecule has 0 atom stereocenters. The molecule has 0 saturated carbocycles. The molecule has 1 aromatic carbocycles. The molecule has 0 fully saturated rings. The van der Waals surface area contributed by atoms with Crippen molar-refractivity contribution in [2.24, 2.45) is 0 Å². The Morgan fingerprint density at radius 3 is 2.71 bits per heavy atom. The van der Waals surface area contributed by atoms with Crippen molar-refractivity contribution in [3.05, 3.63) is 58.9 Å². The highest BCUT2D eigenvalue weighted by Gasteiger charge is 2.12. The molecule has 3 rings (SSSR count). The Hall–Kier alpha value is -2.38. The van der Waals surface area contributed by atoms with Gasteiger partial charge in [-0.15, -0.1) is 10.2 Å². The Balaban J connectivity index is 1.81. The Morgan fingerprint density at radius 1 is 1.14 bits per heavy atom. The number of rotatable bonds is 3. The maximum absolute atomic E-state index is 12.1. The minimum atomic E-state index is -0.299. The highest BCUT2D eigenvalue weighted by molar-refractivity contribution is 7.71. The third-order valence-corrected chi connectivity index (χ3v) is 3.95. The van der Waals surface area contributed by atoms with Gasteiger partial charge in [-0.25, -0.2) is 0 Å². The monoisotopic (exact) mass is 314 g/mol. The van der Waals surface area contributed by atoms with Gasteiger partial charge in [-0.2, -0.15) is 0 Å². The fourth-order valence-corrected chi connectivity index (χ4v) is 2.71. The highest BCUT2D eigenvalue weighted by atomic mass is 32.1. The van der Waals surface area contributed by atoms with E-state index in [0.717, 1.165) is 10.6 Å². The summed E-state index contributed by atoms with van der Waals surface area (Å²) < 4.78 is 0.391. The lowest BCUT2D eigenvalue weighted by molar-refractivity contribution is 0.102. The van der Waals surface area contributed by atoms with Gasteiger partial charge in [0.25, 0.3) is 5.91 Å². The van der Waals surface area contributed by atoms with E-state index in [2.05, 4.69) is 20.5 Å². The van der Waals surface area contributed by atoms with E-state index >= 15 is 0 Å². The summed E-state index contributed by atoms with van der Waals surface area (Å²) in [5, 5.41) is 12.0. The van der Waals surface area contributed by atoms with Crippen molar-refractivity contribution in [3.63, 3.8) is 0 Å². The quantitative estimate of drug-likeness (QED) is 0.726. The van der Waals surface area contributed by atoms with Gasteiger partial charge in [-0.05, 0) is 12.1 Å². The number of nitrogens with one attached hydrogen (secondary N) is 2. The van der Waals surface area contributed by atoms with E-state index in [1.807, 2.05) is 30.3 Å². The molecule has 0 aliphatic carbocycles. The molecule has 7 heteroatoms. The van der Waals surface area contributed by atoms with Crippen molar-refractivity contribution in [2.45, 2.75) is 0 Å². The van der Waals surface area contributed by atoms with Crippen molar-refractivity contribution in [1.29, 1.82) is 0 Å². The number of amides is 1. The predicted octanol–water partition coefficient (Wildman–Crippen LogP) is 3.51. The highest BCUT2D eigenvalue weighted by Crippen LogP contribution is 2.26. The van der Waals surface area contributed by atoms with Gasteiger partial charge in [0, 0.05) is 11.8 Å². The summed E-state index contributed by atoms with van der Waals surface area (Å²) in [6, 6.07) is 13.1. The van der Waals surface area contributed by atoms with Crippen LogP contribution in [0.25, 0.3) is 10.6 Å². The molecular formula is C14H10N4OS2. The van der Waals surface area contributed by atoms with Gasteiger partial charge in [-0.1, -0.05) is 53.9 Å². The molecule has 0 bridgehead atoms. The van der Waals surface area contributed by atoms with E-state index in [1.165, 1.54) is 11.3 Å². The number of nitrogens with zero attached hydrogens (tertiary/aromatic N) is 2. The zero-order valence-electron chi connectivity index (χ0n) is 10.7. The molecule has 2 N–H and O–H groups in total. The molecule has 104 valence electrons. The zero-order chi connectivity index (χ0) is 14.7. The second kappa shape index (κ2) is 5.94. The van der Waals surface area contributed by atoms with Crippen LogP contribution in [-0.4, -0.2) is 21.1 Å². The van der Waals surface area contributed by atoms with Gasteiger partial charge >= 0.3 is 0 Å². The normalized spacial score (nSPS) is 10.3. The summed E-state index contributed by atoms with van der Waals surface area (Å²) in [6.07, 6.45) is 1.68. The summed E-state index contributed by atoms with van der Waals surface area (Å²) in [5.74, 6) is -0.299. The number of H-pyrrole nitrogens is 1. The van der Waals surface area contributed by atoms with Gasteiger partial charge in [-0.3, -0.25) is 10.1 Å². The Kier molecular flexibility index (Phi) is 3.85. The summed E-state index contributed by atoms with van der Waals surface area (Å²) in [6.45, 7) is 0. The minimum Gasteiger partial charge on any atom is -0.352 e. The smallest absolute Gasteiger partial charge is 0.260 e. The van der Waals surface area contributed by atoms with Crippen LogP contribution in [0, 0.1) is 4.64 Å².